The van der Waals surface area contributed by atoms with Gasteiger partial charge in [0.25, 0.3) is 5.91 Å². The Balaban J connectivity index is 1.65. The van der Waals surface area contributed by atoms with E-state index in [4.69, 9.17) is 11.6 Å². The van der Waals surface area contributed by atoms with E-state index in [0.29, 0.717) is 24.0 Å². The number of rotatable bonds is 6. The molecule has 3 rings (SSSR count). The van der Waals surface area contributed by atoms with E-state index in [1.165, 1.54) is 61.3 Å². The average molecular weight is 470 g/mol. The highest BCUT2D eigenvalue weighted by molar-refractivity contribution is 7.89. The third-order valence-corrected chi connectivity index (χ3v) is 9.05. The molecular weight excluding hydrogens is 434 g/mol. The SMILES string of the molecule is CC(C)N(C)S(=O)(=O)c1ccc(Cl)c(C(=O)N2CCC(CN3CCCCCC3)CC2)c1. The third-order valence-electron chi connectivity index (χ3n) is 6.69. The van der Waals surface area contributed by atoms with Gasteiger partial charge in [-0.15, -0.1) is 0 Å². The second-order valence-corrected chi connectivity index (χ2v) is 11.6. The molecule has 1 amide bonds. The summed E-state index contributed by atoms with van der Waals surface area (Å²) in [5.74, 6) is 0.437. The molecule has 0 radical (unpaired) electrons. The Kier molecular flexibility index (Phi) is 8.41. The largest absolute Gasteiger partial charge is 0.339 e. The number of halogens is 1. The summed E-state index contributed by atoms with van der Waals surface area (Å²) in [5, 5.41) is 0.294. The second kappa shape index (κ2) is 10.6. The predicted molar refractivity (Wildman–Crippen MR) is 125 cm³/mol. The summed E-state index contributed by atoms with van der Waals surface area (Å²) in [4.78, 5) is 17.7. The number of carbonyl (C=O) groups is 1. The van der Waals surface area contributed by atoms with Gasteiger partial charge in [0.15, 0.2) is 0 Å². The van der Waals surface area contributed by atoms with Crippen LogP contribution in [0.25, 0.3) is 0 Å². The number of likely N-dealkylation sites (tertiary alicyclic amines) is 2. The summed E-state index contributed by atoms with van der Waals surface area (Å²) in [6.07, 6.45) is 7.22. The number of piperidine rings is 1. The fraction of sp³-hybridized carbons (Fsp3) is 0.696. The molecular formula is C23H36ClN3O3S. The lowest BCUT2D eigenvalue weighted by atomic mass is 9.95. The zero-order chi connectivity index (χ0) is 22.6. The Morgan fingerprint density at radius 1 is 1.10 bits per heavy atom. The molecule has 2 fully saturated rings. The van der Waals surface area contributed by atoms with E-state index < -0.39 is 10.0 Å². The second-order valence-electron chi connectivity index (χ2n) is 9.21. The van der Waals surface area contributed by atoms with Gasteiger partial charge in [-0.1, -0.05) is 24.4 Å². The molecule has 0 aliphatic carbocycles. The van der Waals surface area contributed by atoms with Crippen LogP contribution < -0.4 is 0 Å². The average Bonchev–Trinajstić information content (AvgIpc) is 3.02. The van der Waals surface area contributed by atoms with Crippen LogP contribution >= 0.6 is 11.6 Å². The Hall–Kier alpha value is -1.15. The molecule has 0 bridgehead atoms. The van der Waals surface area contributed by atoms with Gasteiger partial charge in [-0.05, 0) is 76.7 Å². The van der Waals surface area contributed by atoms with E-state index in [9.17, 15) is 13.2 Å². The summed E-state index contributed by atoms with van der Waals surface area (Å²) in [7, 11) is -2.12. The van der Waals surface area contributed by atoms with Gasteiger partial charge < -0.3 is 9.80 Å². The van der Waals surface area contributed by atoms with Crippen LogP contribution in [0.3, 0.4) is 0 Å². The van der Waals surface area contributed by atoms with Crippen LogP contribution in [0.5, 0.6) is 0 Å². The first-order valence-corrected chi connectivity index (χ1v) is 13.3. The minimum absolute atomic E-state index is 0.104. The molecule has 31 heavy (non-hydrogen) atoms. The molecule has 0 atom stereocenters. The van der Waals surface area contributed by atoms with Crippen LogP contribution in [0, 0.1) is 5.92 Å². The molecule has 1 aromatic carbocycles. The highest BCUT2D eigenvalue weighted by Gasteiger charge is 2.29. The van der Waals surface area contributed by atoms with Crippen molar-refractivity contribution in [1.82, 2.24) is 14.1 Å². The number of amides is 1. The summed E-state index contributed by atoms with van der Waals surface area (Å²) in [6, 6.07) is 4.24. The molecule has 2 saturated heterocycles. The number of nitrogens with zero attached hydrogens (tertiary/aromatic N) is 3. The maximum Gasteiger partial charge on any atom is 0.255 e. The molecule has 0 N–H and O–H groups in total. The maximum atomic E-state index is 13.2. The number of hydrogen-bond acceptors (Lipinski definition) is 4. The Labute approximate surface area is 192 Å². The standard InChI is InChI=1S/C23H36ClN3O3S/c1-18(2)25(3)31(29,30)20-8-9-22(24)21(16-20)23(28)27-14-10-19(11-15-27)17-26-12-6-4-5-7-13-26/h8-9,16,18-19H,4-7,10-15,17H2,1-3H3. The van der Waals surface area contributed by atoms with Crippen LogP contribution in [0.2, 0.25) is 5.02 Å². The van der Waals surface area contributed by atoms with Crippen molar-refractivity contribution in [3.63, 3.8) is 0 Å². The van der Waals surface area contributed by atoms with Crippen molar-refractivity contribution in [1.29, 1.82) is 0 Å². The van der Waals surface area contributed by atoms with E-state index in [1.54, 1.807) is 7.05 Å². The van der Waals surface area contributed by atoms with Gasteiger partial charge >= 0.3 is 0 Å². The van der Waals surface area contributed by atoms with Crippen LogP contribution in [0.15, 0.2) is 23.1 Å². The molecule has 6 nitrogen and oxygen atoms in total. The lowest BCUT2D eigenvalue weighted by Gasteiger charge is -2.35. The topological polar surface area (TPSA) is 60.9 Å². The molecule has 2 aliphatic rings. The fourth-order valence-corrected chi connectivity index (χ4v) is 6.04. The van der Waals surface area contributed by atoms with Gasteiger partial charge in [-0.25, -0.2) is 8.42 Å². The van der Waals surface area contributed by atoms with Crippen molar-refractivity contribution in [3.05, 3.63) is 28.8 Å². The summed E-state index contributed by atoms with van der Waals surface area (Å²) >= 11 is 6.31. The molecule has 2 heterocycles. The first kappa shape index (κ1) is 24.5. The number of hydrogen-bond donors (Lipinski definition) is 0. The Morgan fingerprint density at radius 2 is 1.71 bits per heavy atom. The van der Waals surface area contributed by atoms with E-state index in [0.717, 1.165) is 19.4 Å². The van der Waals surface area contributed by atoms with Crippen molar-refractivity contribution in [2.45, 2.75) is 63.3 Å². The van der Waals surface area contributed by atoms with Gasteiger partial charge in [0.2, 0.25) is 10.0 Å². The quantitative estimate of drug-likeness (QED) is 0.629. The van der Waals surface area contributed by atoms with Crippen LogP contribution in [-0.4, -0.2) is 74.2 Å². The molecule has 0 aromatic heterocycles. The normalized spacial score (nSPS) is 19.7. The zero-order valence-corrected chi connectivity index (χ0v) is 20.6. The fourth-order valence-electron chi connectivity index (χ4n) is 4.45. The summed E-state index contributed by atoms with van der Waals surface area (Å²) < 4.78 is 27.0. The maximum absolute atomic E-state index is 13.2. The van der Waals surface area contributed by atoms with E-state index >= 15 is 0 Å². The van der Waals surface area contributed by atoms with E-state index in [-0.39, 0.29) is 22.4 Å². The first-order chi connectivity index (χ1) is 14.7. The van der Waals surface area contributed by atoms with Crippen molar-refractivity contribution in [2.24, 2.45) is 5.92 Å². The van der Waals surface area contributed by atoms with Gasteiger partial charge in [0.1, 0.15) is 0 Å². The van der Waals surface area contributed by atoms with Crippen molar-refractivity contribution in [2.75, 3.05) is 39.8 Å². The summed E-state index contributed by atoms with van der Waals surface area (Å²) in [6.45, 7) is 8.53. The van der Waals surface area contributed by atoms with Crippen LogP contribution in [-0.2, 0) is 10.0 Å². The molecule has 0 spiro atoms. The summed E-state index contributed by atoms with van der Waals surface area (Å²) in [5.41, 5.74) is 0.269. The van der Waals surface area contributed by atoms with Gasteiger partial charge in [0, 0.05) is 32.7 Å². The molecule has 0 unspecified atom stereocenters. The Bertz CT molecular complexity index is 859. The minimum Gasteiger partial charge on any atom is -0.339 e. The molecule has 1 aromatic rings. The minimum atomic E-state index is -3.67. The number of benzene rings is 1. The predicted octanol–water partition coefficient (Wildman–Crippen LogP) is 4.10. The van der Waals surface area contributed by atoms with E-state index in [2.05, 4.69) is 4.90 Å². The van der Waals surface area contributed by atoms with Crippen molar-refractivity contribution < 1.29 is 13.2 Å². The monoisotopic (exact) mass is 469 g/mol. The van der Waals surface area contributed by atoms with Crippen LogP contribution in [0.1, 0.15) is 62.7 Å². The van der Waals surface area contributed by atoms with Gasteiger partial charge in [0.05, 0.1) is 15.5 Å². The smallest absolute Gasteiger partial charge is 0.255 e. The molecule has 8 heteroatoms. The Morgan fingerprint density at radius 3 is 2.29 bits per heavy atom. The van der Waals surface area contributed by atoms with Crippen molar-refractivity contribution >= 4 is 27.5 Å². The zero-order valence-electron chi connectivity index (χ0n) is 19.0. The highest BCUT2D eigenvalue weighted by atomic mass is 35.5. The lowest BCUT2D eigenvalue weighted by molar-refractivity contribution is 0.0668. The highest BCUT2D eigenvalue weighted by Crippen LogP contribution is 2.27. The van der Waals surface area contributed by atoms with Gasteiger partial charge in [-0.2, -0.15) is 4.31 Å². The molecule has 0 saturated carbocycles. The number of sulfonamides is 1. The van der Waals surface area contributed by atoms with Gasteiger partial charge in [-0.3, -0.25) is 4.79 Å². The number of carbonyl (C=O) groups excluding carboxylic acids is 1. The lowest BCUT2D eigenvalue weighted by Crippen LogP contribution is -2.42. The van der Waals surface area contributed by atoms with Crippen LogP contribution in [0.4, 0.5) is 0 Å². The first-order valence-electron chi connectivity index (χ1n) is 11.5. The van der Waals surface area contributed by atoms with E-state index in [1.807, 2.05) is 18.7 Å². The van der Waals surface area contributed by atoms with Crippen molar-refractivity contribution in [3.8, 4) is 0 Å². The molecule has 174 valence electrons. The molecule has 2 aliphatic heterocycles. The third kappa shape index (κ3) is 6.01.